The number of hydrogen-bond donors (Lipinski definition) is 0. The van der Waals surface area contributed by atoms with Crippen molar-refractivity contribution in [2.75, 3.05) is 13.1 Å². The largest absolute Gasteiger partial charge is 0.331 e. The van der Waals surface area contributed by atoms with Crippen molar-refractivity contribution in [1.29, 1.82) is 0 Å². The van der Waals surface area contributed by atoms with Crippen molar-refractivity contribution in [3.63, 3.8) is 0 Å². The minimum Gasteiger partial charge on any atom is -0.331 e. The zero-order valence-corrected chi connectivity index (χ0v) is 13.9. The maximum atomic E-state index is 12.9. The molecule has 0 saturated heterocycles. The lowest BCUT2D eigenvalue weighted by Gasteiger charge is -2.24. The highest BCUT2D eigenvalue weighted by Crippen LogP contribution is 2.32. The molecule has 1 aliphatic carbocycles. The molecule has 0 N–H and O–H groups in total. The Morgan fingerprint density at radius 3 is 2.04 bits per heavy atom. The maximum Gasteiger partial charge on any atom is 0.224 e. The SMILES string of the molecule is C#CCN(CC1CC1)C(=O)CC(c1ccccc1)c1ccccc1. The van der Waals surface area contributed by atoms with E-state index in [0.29, 0.717) is 18.9 Å². The number of nitrogens with zero attached hydrogens (tertiary/aromatic N) is 1. The fraction of sp³-hybridized carbons (Fsp3) is 0.318. The molecule has 0 spiro atoms. The molecule has 0 radical (unpaired) electrons. The van der Waals surface area contributed by atoms with Crippen LogP contribution in [0.5, 0.6) is 0 Å². The normalized spacial score (nSPS) is 13.5. The van der Waals surface area contributed by atoms with Gasteiger partial charge in [-0.1, -0.05) is 66.6 Å². The Bertz CT molecular complexity index is 658. The van der Waals surface area contributed by atoms with E-state index in [-0.39, 0.29) is 11.8 Å². The molecule has 2 aromatic rings. The van der Waals surface area contributed by atoms with Crippen LogP contribution in [0.3, 0.4) is 0 Å². The van der Waals surface area contributed by atoms with Crippen LogP contribution in [0.2, 0.25) is 0 Å². The molecule has 2 heteroatoms. The zero-order chi connectivity index (χ0) is 16.8. The van der Waals surface area contributed by atoms with Crippen molar-refractivity contribution in [2.45, 2.75) is 25.2 Å². The highest BCUT2D eigenvalue weighted by atomic mass is 16.2. The van der Waals surface area contributed by atoms with E-state index < -0.39 is 0 Å². The third kappa shape index (κ3) is 4.26. The van der Waals surface area contributed by atoms with Crippen LogP contribution in [0, 0.1) is 18.3 Å². The average molecular weight is 317 g/mol. The molecule has 0 bridgehead atoms. The summed E-state index contributed by atoms with van der Waals surface area (Å²) in [5.74, 6) is 3.51. The molecule has 1 fully saturated rings. The Morgan fingerprint density at radius 2 is 1.58 bits per heavy atom. The van der Waals surface area contributed by atoms with Crippen molar-refractivity contribution in [2.24, 2.45) is 5.92 Å². The van der Waals surface area contributed by atoms with E-state index in [4.69, 9.17) is 6.42 Å². The van der Waals surface area contributed by atoms with Gasteiger partial charge in [-0.05, 0) is 29.9 Å². The second kappa shape index (κ2) is 7.84. The van der Waals surface area contributed by atoms with Gasteiger partial charge in [0.05, 0.1) is 6.54 Å². The standard InChI is InChI=1S/C22H23NO/c1-2-15-23(17-18-13-14-18)22(24)16-21(19-9-5-3-6-10-19)20-11-7-4-8-12-20/h1,3-12,18,21H,13-17H2. The molecular formula is C22H23NO. The Kier molecular flexibility index (Phi) is 5.33. The van der Waals surface area contributed by atoms with E-state index in [2.05, 4.69) is 30.2 Å². The van der Waals surface area contributed by atoms with Gasteiger partial charge in [0.25, 0.3) is 0 Å². The van der Waals surface area contributed by atoms with Crippen LogP contribution < -0.4 is 0 Å². The number of carbonyl (C=O) groups is 1. The summed E-state index contributed by atoms with van der Waals surface area (Å²) in [4.78, 5) is 14.7. The van der Waals surface area contributed by atoms with Crippen LogP contribution in [0.15, 0.2) is 60.7 Å². The van der Waals surface area contributed by atoms with Gasteiger partial charge in [-0.2, -0.15) is 0 Å². The van der Waals surface area contributed by atoms with Crippen LogP contribution in [0.25, 0.3) is 0 Å². The minimum atomic E-state index is 0.0689. The van der Waals surface area contributed by atoms with Crippen molar-refractivity contribution in [3.05, 3.63) is 71.8 Å². The van der Waals surface area contributed by atoms with Gasteiger partial charge in [-0.15, -0.1) is 6.42 Å². The summed E-state index contributed by atoms with van der Waals surface area (Å²) in [6.45, 7) is 1.21. The van der Waals surface area contributed by atoms with E-state index in [0.717, 1.165) is 6.54 Å². The molecule has 0 heterocycles. The van der Waals surface area contributed by atoms with Gasteiger partial charge in [-0.3, -0.25) is 4.79 Å². The number of benzene rings is 2. The molecule has 1 saturated carbocycles. The number of amides is 1. The van der Waals surface area contributed by atoms with Gasteiger partial charge in [0.2, 0.25) is 5.91 Å². The molecule has 2 aromatic carbocycles. The van der Waals surface area contributed by atoms with Crippen LogP contribution in [0.1, 0.15) is 36.3 Å². The molecule has 0 aliphatic heterocycles. The van der Waals surface area contributed by atoms with Gasteiger partial charge in [0.1, 0.15) is 0 Å². The van der Waals surface area contributed by atoms with Gasteiger partial charge < -0.3 is 4.90 Å². The van der Waals surface area contributed by atoms with Crippen LogP contribution in [0.4, 0.5) is 0 Å². The van der Waals surface area contributed by atoms with Crippen molar-refractivity contribution in [3.8, 4) is 12.3 Å². The van der Waals surface area contributed by atoms with Crippen molar-refractivity contribution in [1.82, 2.24) is 4.90 Å². The van der Waals surface area contributed by atoms with Crippen LogP contribution >= 0.6 is 0 Å². The summed E-state index contributed by atoms with van der Waals surface area (Å²) in [5.41, 5.74) is 2.34. The first-order valence-corrected chi connectivity index (χ1v) is 8.59. The summed E-state index contributed by atoms with van der Waals surface area (Å²) in [6, 6.07) is 20.5. The molecule has 1 amide bonds. The van der Waals surface area contributed by atoms with Crippen molar-refractivity contribution >= 4 is 5.91 Å². The molecule has 24 heavy (non-hydrogen) atoms. The van der Waals surface area contributed by atoms with Crippen LogP contribution in [-0.4, -0.2) is 23.9 Å². The third-order valence-corrected chi connectivity index (χ3v) is 4.59. The molecule has 0 atom stereocenters. The van der Waals surface area contributed by atoms with Crippen molar-refractivity contribution < 1.29 is 4.79 Å². The topological polar surface area (TPSA) is 20.3 Å². The Morgan fingerprint density at radius 1 is 1.04 bits per heavy atom. The first-order valence-electron chi connectivity index (χ1n) is 8.59. The highest BCUT2D eigenvalue weighted by molar-refractivity contribution is 5.78. The summed E-state index contributed by atoms with van der Waals surface area (Å²) >= 11 is 0. The summed E-state index contributed by atoms with van der Waals surface area (Å²) in [7, 11) is 0. The molecule has 0 aromatic heterocycles. The van der Waals surface area contributed by atoms with E-state index in [1.807, 2.05) is 41.3 Å². The molecule has 2 nitrogen and oxygen atoms in total. The zero-order valence-electron chi connectivity index (χ0n) is 13.9. The molecule has 1 aliphatic rings. The van der Waals surface area contributed by atoms with Gasteiger partial charge >= 0.3 is 0 Å². The number of rotatable bonds is 7. The summed E-state index contributed by atoms with van der Waals surface area (Å²) in [5, 5.41) is 0. The Hall–Kier alpha value is -2.53. The molecule has 0 unspecified atom stereocenters. The number of terminal acetylenes is 1. The fourth-order valence-corrected chi connectivity index (χ4v) is 3.08. The molecule has 122 valence electrons. The Balaban J connectivity index is 1.80. The second-order valence-corrected chi connectivity index (χ2v) is 6.50. The fourth-order valence-electron chi connectivity index (χ4n) is 3.08. The number of carbonyl (C=O) groups excluding carboxylic acids is 1. The monoisotopic (exact) mass is 317 g/mol. The molecule has 3 rings (SSSR count). The molecular weight excluding hydrogens is 294 g/mol. The predicted octanol–water partition coefficient (Wildman–Crippen LogP) is 4.08. The van der Waals surface area contributed by atoms with Gasteiger partial charge in [0, 0.05) is 18.9 Å². The van der Waals surface area contributed by atoms with Crippen LogP contribution in [-0.2, 0) is 4.79 Å². The van der Waals surface area contributed by atoms with E-state index in [1.54, 1.807) is 0 Å². The Labute approximate surface area is 144 Å². The first kappa shape index (κ1) is 16.3. The van der Waals surface area contributed by atoms with Gasteiger partial charge in [-0.25, -0.2) is 0 Å². The maximum absolute atomic E-state index is 12.9. The second-order valence-electron chi connectivity index (χ2n) is 6.50. The lowest BCUT2D eigenvalue weighted by molar-refractivity contribution is -0.131. The summed E-state index contributed by atoms with van der Waals surface area (Å²) < 4.78 is 0. The highest BCUT2D eigenvalue weighted by Gasteiger charge is 2.28. The first-order chi connectivity index (χ1) is 11.8. The van der Waals surface area contributed by atoms with E-state index in [1.165, 1.54) is 24.0 Å². The van der Waals surface area contributed by atoms with E-state index in [9.17, 15) is 4.79 Å². The predicted molar refractivity (Wildman–Crippen MR) is 97.5 cm³/mol. The van der Waals surface area contributed by atoms with E-state index >= 15 is 0 Å². The third-order valence-electron chi connectivity index (χ3n) is 4.59. The van der Waals surface area contributed by atoms with Gasteiger partial charge in [0.15, 0.2) is 0 Å². The number of hydrogen-bond acceptors (Lipinski definition) is 1. The smallest absolute Gasteiger partial charge is 0.224 e. The quantitative estimate of drug-likeness (QED) is 0.705. The average Bonchev–Trinajstić information content (AvgIpc) is 3.45. The lowest BCUT2D eigenvalue weighted by atomic mass is 9.88. The minimum absolute atomic E-state index is 0.0689. The lowest BCUT2D eigenvalue weighted by Crippen LogP contribution is -2.34. The summed E-state index contributed by atoms with van der Waals surface area (Å²) in [6.07, 6.45) is 8.37.